The summed E-state index contributed by atoms with van der Waals surface area (Å²) in [4.78, 5) is 24.1. The first-order valence-electron chi connectivity index (χ1n) is 9.06. The number of hydrogen-bond donors (Lipinski definition) is 2. The average molecular weight is 452 g/mol. The van der Waals surface area contributed by atoms with Crippen LogP contribution in [0.1, 0.15) is 19.8 Å². The Morgan fingerprint density at radius 1 is 1.24 bits per heavy atom. The number of rotatable bonds is 4. The molecule has 3 aromatic rings. The summed E-state index contributed by atoms with van der Waals surface area (Å²) in [6.07, 6.45) is 5.83. The molecule has 0 saturated carbocycles. The molecule has 7 nitrogen and oxygen atoms in total. The lowest BCUT2D eigenvalue weighted by Crippen LogP contribution is -2.53. The van der Waals surface area contributed by atoms with Gasteiger partial charge in [-0.3, -0.25) is 4.40 Å². The SMILES string of the molecule is CC1(NC(=O)O)CCN(c2ncc(Sc3cccc(Cl)c3Cl)c3nccn23)CC1. The highest BCUT2D eigenvalue weighted by Gasteiger charge is 2.32. The van der Waals surface area contributed by atoms with E-state index >= 15 is 0 Å². The Balaban J connectivity index is 1.59. The van der Waals surface area contributed by atoms with Crippen molar-refractivity contribution in [2.45, 2.75) is 35.1 Å². The summed E-state index contributed by atoms with van der Waals surface area (Å²) in [6.45, 7) is 3.33. The number of piperidine rings is 1. The second-order valence-electron chi connectivity index (χ2n) is 7.18. The van der Waals surface area contributed by atoms with Crippen molar-refractivity contribution in [1.82, 2.24) is 19.7 Å². The van der Waals surface area contributed by atoms with Crippen molar-refractivity contribution in [2.75, 3.05) is 18.0 Å². The van der Waals surface area contributed by atoms with E-state index in [9.17, 15) is 4.79 Å². The maximum atomic E-state index is 11.0. The number of halogens is 2. The number of fused-ring (bicyclic) bond motifs is 1. The van der Waals surface area contributed by atoms with E-state index in [2.05, 4.69) is 20.2 Å². The minimum absolute atomic E-state index is 0.421. The Labute approximate surface area is 182 Å². The summed E-state index contributed by atoms with van der Waals surface area (Å²) in [5, 5.41) is 12.7. The number of anilines is 1. The third-order valence-corrected chi connectivity index (χ3v) is 7.07. The maximum absolute atomic E-state index is 11.0. The lowest BCUT2D eigenvalue weighted by Gasteiger charge is -2.39. The molecule has 2 N–H and O–H groups in total. The van der Waals surface area contributed by atoms with Gasteiger partial charge in [-0.1, -0.05) is 41.0 Å². The zero-order valence-electron chi connectivity index (χ0n) is 15.6. The normalized spacial score (nSPS) is 16.2. The molecule has 0 spiro atoms. The summed E-state index contributed by atoms with van der Waals surface area (Å²) < 4.78 is 1.95. The van der Waals surface area contributed by atoms with E-state index in [0.717, 1.165) is 21.4 Å². The molecule has 0 aliphatic carbocycles. The maximum Gasteiger partial charge on any atom is 0.405 e. The lowest BCUT2D eigenvalue weighted by atomic mass is 9.90. The molecule has 0 bridgehead atoms. The van der Waals surface area contributed by atoms with Crippen LogP contribution in [0.5, 0.6) is 0 Å². The zero-order chi connectivity index (χ0) is 20.6. The Hall–Kier alpha value is -2.16. The van der Waals surface area contributed by atoms with Crippen molar-refractivity contribution in [1.29, 1.82) is 0 Å². The molecule has 2 aromatic heterocycles. The summed E-state index contributed by atoms with van der Waals surface area (Å²) in [5.41, 5.74) is 0.364. The summed E-state index contributed by atoms with van der Waals surface area (Å²) in [5.74, 6) is 0.788. The van der Waals surface area contributed by atoms with Crippen LogP contribution in [0.4, 0.5) is 10.7 Å². The van der Waals surface area contributed by atoms with E-state index in [1.54, 1.807) is 18.5 Å². The fourth-order valence-corrected chi connectivity index (χ4v) is 4.86. The van der Waals surface area contributed by atoms with Gasteiger partial charge < -0.3 is 15.3 Å². The number of nitrogens with zero attached hydrogens (tertiary/aromatic N) is 4. The highest BCUT2D eigenvalue weighted by Crippen LogP contribution is 2.39. The van der Waals surface area contributed by atoms with Gasteiger partial charge in [-0.15, -0.1) is 0 Å². The van der Waals surface area contributed by atoms with Gasteiger partial charge in [0.15, 0.2) is 5.65 Å². The zero-order valence-corrected chi connectivity index (χ0v) is 17.9. The molecule has 1 aliphatic heterocycles. The van der Waals surface area contributed by atoms with Crippen molar-refractivity contribution in [3.63, 3.8) is 0 Å². The van der Waals surface area contributed by atoms with Gasteiger partial charge in [0.2, 0.25) is 5.95 Å². The van der Waals surface area contributed by atoms with Gasteiger partial charge in [-0.05, 0) is 31.9 Å². The molecule has 1 aromatic carbocycles. The first-order chi connectivity index (χ1) is 13.9. The molecule has 152 valence electrons. The van der Waals surface area contributed by atoms with Crippen LogP contribution >= 0.6 is 35.0 Å². The number of nitrogens with one attached hydrogen (secondary N) is 1. The van der Waals surface area contributed by atoms with Crippen LogP contribution in [0, 0.1) is 0 Å². The third kappa shape index (κ3) is 4.10. The van der Waals surface area contributed by atoms with Gasteiger partial charge >= 0.3 is 6.09 Å². The molecule has 3 heterocycles. The molecular formula is C19H19Cl2N5O2S. The van der Waals surface area contributed by atoms with E-state index in [0.29, 0.717) is 36.0 Å². The molecule has 4 rings (SSSR count). The van der Waals surface area contributed by atoms with Crippen LogP contribution in [-0.2, 0) is 0 Å². The Morgan fingerprint density at radius 3 is 2.72 bits per heavy atom. The fraction of sp³-hybridized carbons (Fsp3) is 0.316. The summed E-state index contributed by atoms with van der Waals surface area (Å²) in [6, 6.07) is 5.52. The van der Waals surface area contributed by atoms with Crippen LogP contribution in [0.2, 0.25) is 10.0 Å². The topological polar surface area (TPSA) is 82.8 Å². The first-order valence-corrected chi connectivity index (χ1v) is 10.6. The second kappa shape index (κ2) is 7.93. The van der Waals surface area contributed by atoms with Gasteiger partial charge in [0.1, 0.15) is 0 Å². The minimum Gasteiger partial charge on any atom is -0.465 e. The first kappa shape index (κ1) is 20.1. The fourth-order valence-electron chi connectivity index (χ4n) is 3.45. The predicted octanol–water partition coefficient (Wildman–Crippen LogP) is 4.81. The largest absolute Gasteiger partial charge is 0.465 e. The van der Waals surface area contributed by atoms with E-state index in [4.69, 9.17) is 28.3 Å². The van der Waals surface area contributed by atoms with Crippen LogP contribution in [0.15, 0.2) is 46.6 Å². The molecule has 1 fully saturated rings. The van der Waals surface area contributed by atoms with E-state index < -0.39 is 11.6 Å². The van der Waals surface area contributed by atoms with E-state index in [-0.39, 0.29) is 0 Å². The van der Waals surface area contributed by atoms with Crippen LogP contribution in [-0.4, -0.2) is 44.2 Å². The Morgan fingerprint density at radius 2 is 2.00 bits per heavy atom. The number of hydrogen-bond acceptors (Lipinski definition) is 5. The Kier molecular flexibility index (Phi) is 5.50. The van der Waals surface area contributed by atoms with Crippen molar-refractivity contribution in [3.05, 3.63) is 46.8 Å². The highest BCUT2D eigenvalue weighted by molar-refractivity contribution is 7.99. The number of amides is 1. The summed E-state index contributed by atoms with van der Waals surface area (Å²) in [7, 11) is 0. The van der Waals surface area contributed by atoms with E-state index in [1.807, 2.05) is 29.7 Å². The average Bonchev–Trinajstić information content (AvgIpc) is 3.16. The number of carboxylic acid groups (broad SMARTS) is 1. The van der Waals surface area contributed by atoms with Crippen molar-refractivity contribution in [2.24, 2.45) is 0 Å². The molecule has 1 saturated heterocycles. The van der Waals surface area contributed by atoms with Crippen molar-refractivity contribution < 1.29 is 9.90 Å². The second-order valence-corrected chi connectivity index (χ2v) is 9.04. The number of benzene rings is 1. The number of carbonyl (C=O) groups is 1. The molecule has 0 atom stereocenters. The van der Waals surface area contributed by atoms with Gasteiger partial charge in [0.25, 0.3) is 0 Å². The monoisotopic (exact) mass is 451 g/mol. The van der Waals surface area contributed by atoms with Crippen molar-refractivity contribution in [3.8, 4) is 0 Å². The molecule has 1 amide bonds. The van der Waals surface area contributed by atoms with Crippen molar-refractivity contribution >= 4 is 52.7 Å². The molecule has 29 heavy (non-hydrogen) atoms. The van der Waals surface area contributed by atoms with Gasteiger partial charge in [0, 0.05) is 42.1 Å². The number of imidazole rings is 1. The molecule has 0 unspecified atom stereocenters. The number of aromatic nitrogens is 3. The van der Waals surface area contributed by atoms with Gasteiger partial charge in [0.05, 0.1) is 14.9 Å². The molecule has 1 aliphatic rings. The van der Waals surface area contributed by atoms with Crippen LogP contribution in [0.25, 0.3) is 5.65 Å². The lowest BCUT2D eigenvalue weighted by molar-refractivity contribution is 0.173. The van der Waals surface area contributed by atoms with Crippen LogP contribution < -0.4 is 10.2 Å². The highest BCUT2D eigenvalue weighted by atomic mass is 35.5. The molecule has 10 heteroatoms. The van der Waals surface area contributed by atoms with Gasteiger partial charge in [-0.2, -0.15) is 0 Å². The van der Waals surface area contributed by atoms with Gasteiger partial charge in [-0.25, -0.2) is 14.8 Å². The van der Waals surface area contributed by atoms with E-state index in [1.165, 1.54) is 11.8 Å². The van der Waals surface area contributed by atoms with Crippen LogP contribution in [0.3, 0.4) is 0 Å². The summed E-state index contributed by atoms with van der Waals surface area (Å²) >= 11 is 13.9. The third-order valence-electron chi connectivity index (χ3n) is 5.07. The predicted molar refractivity (Wildman–Crippen MR) is 115 cm³/mol. The quantitative estimate of drug-likeness (QED) is 0.591. The minimum atomic E-state index is -0.989. The molecule has 0 radical (unpaired) electrons. The smallest absolute Gasteiger partial charge is 0.405 e. The standard InChI is InChI=1S/C19H19Cl2N5O2S/c1-19(24-18(27)28)5-8-25(9-6-19)17-23-11-14(16-22-7-10-26(16)17)29-13-4-2-3-12(20)15(13)21/h2-4,7,10-11,24H,5-6,8-9H2,1H3,(H,27,28). The molecular weight excluding hydrogens is 433 g/mol. The Bertz CT molecular complexity index is 1070.